The van der Waals surface area contributed by atoms with E-state index in [9.17, 15) is 8.42 Å². The smallest absolute Gasteiger partial charge is 0.216 e. The molecule has 0 aliphatic carbocycles. The fourth-order valence-electron chi connectivity index (χ4n) is 2.08. The summed E-state index contributed by atoms with van der Waals surface area (Å²) in [5.74, 6) is -0.0481. The molecule has 0 spiro atoms. The van der Waals surface area contributed by atoms with Crippen molar-refractivity contribution in [2.45, 2.75) is 31.7 Å². The number of thiophene rings is 1. The van der Waals surface area contributed by atoms with Crippen LogP contribution in [-0.4, -0.2) is 19.6 Å². The molecule has 0 fully saturated rings. The molecule has 1 aromatic carbocycles. The second kappa shape index (κ2) is 7.17. The number of benzene rings is 1. The van der Waals surface area contributed by atoms with Crippen molar-refractivity contribution in [3.63, 3.8) is 0 Å². The van der Waals surface area contributed by atoms with Crippen LogP contribution in [-0.2, 0) is 28.8 Å². The topological polar surface area (TPSA) is 66.4 Å². The minimum absolute atomic E-state index is 0.0386. The molecule has 2 rings (SSSR count). The van der Waals surface area contributed by atoms with Crippen LogP contribution in [0.2, 0.25) is 0 Å². The molecule has 114 valence electrons. The van der Waals surface area contributed by atoms with Gasteiger partial charge in [0.1, 0.15) is 0 Å². The highest BCUT2D eigenvalue weighted by atomic mass is 32.2. The highest BCUT2D eigenvalue weighted by molar-refractivity contribution is 7.88. The molecule has 1 aromatic heterocycles. The van der Waals surface area contributed by atoms with E-state index < -0.39 is 10.0 Å². The first-order valence-corrected chi connectivity index (χ1v) is 9.23. The van der Waals surface area contributed by atoms with Crippen LogP contribution in [0.25, 0.3) is 0 Å². The lowest BCUT2D eigenvalue weighted by molar-refractivity contribution is 0.282. The lowest BCUT2D eigenvalue weighted by Gasteiger charge is -2.13. The van der Waals surface area contributed by atoms with Gasteiger partial charge in [0.15, 0.2) is 0 Å². The number of nitrogens with one attached hydrogen (secondary N) is 1. The van der Waals surface area contributed by atoms with Gasteiger partial charge in [-0.05, 0) is 35.9 Å². The molecular weight excluding hydrogens is 306 g/mol. The molecule has 0 radical (unpaired) electrons. The maximum absolute atomic E-state index is 12.1. The third-order valence-corrected chi connectivity index (χ3v) is 5.40. The van der Waals surface area contributed by atoms with Crippen molar-refractivity contribution < 1.29 is 13.5 Å². The van der Waals surface area contributed by atoms with Crippen LogP contribution in [0.5, 0.6) is 0 Å². The first-order chi connectivity index (χ1) is 9.98. The SMILES string of the molecule is CC(Cc1cccs1)NS(=O)(=O)Cc1ccc(CO)cc1. The van der Waals surface area contributed by atoms with Crippen molar-refractivity contribution in [2.24, 2.45) is 0 Å². The highest BCUT2D eigenvalue weighted by Gasteiger charge is 2.16. The van der Waals surface area contributed by atoms with Gasteiger partial charge in [0, 0.05) is 10.9 Å². The third kappa shape index (κ3) is 5.24. The van der Waals surface area contributed by atoms with E-state index in [0.29, 0.717) is 12.0 Å². The number of rotatable bonds is 7. The Morgan fingerprint density at radius 3 is 2.43 bits per heavy atom. The number of sulfonamides is 1. The van der Waals surface area contributed by atoms with Crippen LogP contribution in [0.15, 0.2) is 41.8 Å². The molecule has 2 aromatic rings. The van der Waals surface area contributed by atoms with Gasteiger partial charge in [-0.1, -0.05) is 30.3 Å². The summed E-state index contributed by atoms with van der Waals surface area (Å²) < 4.78 is 27.0. The first-order valence-electron chi connectivity index (χ1n) is 6.69. The van der Waals surface area contributed by atoms with Gasteiger partial charge in [0.2, 0.25) is 10.0 Å². The van der Waals surface area contributed by atoms with Crippen LogP contribution in [0, 0.1) is 0 Å². The predicted octanol–water partition coefficient (Wildman–Crippen LogP) is 2.29. The zero-order valence-corrected chi connectivity index (χ0v) is 13.5. The molecular formula is C15H19NO3S2. The van der Waals surface area contributed by atoms with Crippen molar-refractivity contribution in [1.82, 2.24) is 4.72 Å². The third-order valence-electron chi connectivity index (χ3n) is 3.03. The molecule has 21 heavy (non-hydrogen) atoms. The van der Waals surface area contributed by atoms with Gasteiger partial charge < -0.3 is 5.11 Å². The summed E-state index contributed by atoms with van der Waals surface area (Å²) in [6.45, 7) is 1.83. The Morgan fingerprint density at radius 1 is 1.19 bits per heavy atom. The molecule has 2 N–H and O–H groups in total. The normalized spacial score (nSPS) is 13.2. The minimum Gasteiger partial charge on any atom is -0.392 e. The summed E-state index contributed by atoms with van der Waals surface area (Å²) in [4.78, 5) is 1.16. The van der Waals surface area contributed by atoms with Gasteiger partial charge in [0.25, 0.3) is 0 Å². The van der Waals surface area contributed by atoms with Crippen molar-refractivity contribution in [3.8, 4) is 0 Å². The molecule has 1 heterocycles. The van der Waals surface area contributed by atoms with E-state index >= 15 is 0 Å². The van der Waals surface area contributed by atoms with Crippen LogP contribution < -0.4 is 4.72 Å². The van der Waals surface area contributed by atoms with Crippen LogP contribution in [0.3, 0.4) is 0 Å². The lowest BCUT2D eigenvalue weighted by Crippen LogP contribution is -2.34. The van der Waals surface area contributed by atoms with Gasteiger partial charge in [-0.15, -0.1) is 11.3 Å². The largest absolute Gasteiger partial charge is 0.392 e. The molecule has 6 heteroatoms. The van der Waals surface area contributed by atoms with Gasteiger partial charge in [0.05, 0.1) is 12.4 Å². The van der Waals surface area contributed by atoms with Gasteiger partial charge in [-0.3, -0.25) is 0 Å². The molecule has 0 aliphatic heterocycles. The second-order valence-corrected chi connectivity index (χ2v) is 7.82. The Hall–Kier alpha value is -1.21. The minimum atomic E-state index is -3.36. The van der Waals surface area contributed by atoms with E-state index in [0.717, 1.165) is 10.4 Å². The average molecular weight is 325 g/mol. The maximum Gasteiger partial charge on any atom is 0.216 e. The molecule has 1 atom stereocenters. The van der Waals surface area contributed by atoms with Crippen molar-refractivity contribution in [1.29, 1.82) is 0 Å². The van der Waals surface area contributed by atoms with Gasteiger partial charge in [-0.2, -0.15) is 0 Å². The summed E-state index contributed by atoms with van der Waals surface area (Å²) >= 11 is 1.63. The zero-order chi connectivity index (χ0) is 15.3. The Balaban J connectivity index is 1.94. The van der Waals surface area contributed by atoms with Gasteiger partial charge in [-0.25, -0.2) is 13.1 Å². The van der Waals surface area contributed by atoms with E-state index in [2.05, 4.69) is 4.72 Å². The molecule has 0 bridgehead atoms. The van der Waals surface area contributed by atoms with E-state index in [-0.39, 0.29) is 18.4 Å². The highest BCUT2D eigenvalue weighted by Crippen LogP contribution is 2.13. The second-order valence-electron chi connectivity index (χ2n) is 5.04. The summed E-state index contributed by atoms with van der Waals surface area (Å²) in [6, 6.07) is 10.8. The standard InChI is InChI=1S/C15H19NO3S2/c1-12(9-15-3-2-8-20-15)16-21(18,19)11-14-6-4-13(10-17)5-7-14/h2-8,12,16-17H,9-11H2,1H3. The summed E-state index contributed by atoms with van der Waals surface area (Å²) in [5.41, 5.74) is 1.48. The number of hydrogen-bond acceptors (Lipinski definition) is 4. The predicted molar refractivity (Wildman–Crippen MR) is 85.6 cm³/mol. The van der Waals surface area contributed by atoms with E-state index in [1.54, 1.807) is 35.6 Å². The monoisotopic (exact) mass is 325 g/mol. The van der Waals surface area contributed by atoms with Crippen molar-refractivity contribution >= 4 is 21.4 Å². The molecule has 0 saturated heterocycles. The summed E-state index contributed by atoms with van der Waals surface area (Å²) in [6.07, 6.45) is 0.695. The lowest BCUT2D eigenvalue weighted by atomic mass is 10.2. The summed E-state index contributed by atoms with van der Waals surface area (Å²) in [7, 11) is -3.36. The van der Waals surface area contributed by atoms with Crippen LogP contribution in [0.4, 0.5) is 0 Å². The molecule has 0 saturated carbocycles. The number of aliphatic hydroxyl groups is 1. The first kappa shape index (κ1) is 16.2. The Labute approximate surface area is 129 Å². The summed E-state index contributed by atoms with van der Waals surface area (Å²) in [5, 5.41) is 11.0. The fraction of sp³-hybridized carbons (Fsp3) is 0.333. The Bertz CT molecular complexity index is 649. The molecule has 0 aliphatic rings. The Morgan fingerprint density at radius 2 is 1.86 bits per heavy atom. The van der Waals surface area contributed by atoms with Crippen LogP contribution >= 0.6 is 11.3 Å². The number of hydrogen-bond donors (Lipinski definition) is 2. The number of aliphatic hydroxyl groups excluding tert-OH is 1. The van der Waals surface area contributed by atoms with Crippen molar-refractivity contribution in [3.05, 3.63) is 57.8 Å². The zero-order valence-electron chi connectivity index (χ0n) is 11.8. The van der Waals surface area contributed by atoms with Crippen LogP contribution in [0.1, 0.15) is 22.9 Å². The Kier molecular flexibility index (Phi) is 5.52. The molecule has 1 unspecified atom stereocenters. The van der Waals surface area contributed by atoms with E-state index in [4.69, 9.17) is 5.11 Å². The van der Waals surface area contributed by atoms with E-state index in [1.165, 1.54) is 0 Å². The quantitative estimate of drug-likeness (QED) is 0.821. The maximum atomic E-state index is 12.1. The molecule has 4 nitrogen and oxygen atoms in total. The van der Waals surface area contributed by atoms with E-state index in [1.807, 2.05) is 24.4 Å². The average Bonchev–Trinajstić information content (AvgIpc) is 2.91. The fourth-order valence-corrected chi connectivity index (χ4v) is 4.33. The van der Waals surface area contributed by atoms with Gasteiger partial charge >= 0.3 is 0 Å². The molecule has 0 amide bonds. The van der Waals surface area contributed by atoms with Crippen molar-refractivity contribution in [2.75, 3.05) is 0 Å².